The molecule has 0 radical (unpaired) electrons. The second kappa shape index (κ2) is 8.74. The van der Waals surface area contributed by atoms with E-state index in [2.05, 4.69) is 36.7 Å². The number of nitrogens with one attached hydrogen (secondary N) is 1. The fourth-order valence-electron chi connectivity index (χ4n) is 1.60. The molecule has 92 valence electrons. The minimum atomic E-state index is 0.469. The van der Waals surface area contributed by atoms with E-state index >= 15 is 0 Å². The minimum absolute atomic E-state index is 0.469. The molecule has 0 aliphatic carbocycles. The molecular formula is C13H23NOS. The Bertz CT molecular complexity index is 248. The Balaban J connectivity index is 2.32. The van der Waals surface area contributed by atoms with Crippen LogP contribution in [0.5, 0.6) is 0 Å². The third-order valence-electron chi connectivity index (χ3n) is 2.43. The lowest BCUT2D eigenvalue weighted by Crippen LogP contribution is -2.22. The first-order valence-corrected chi connectivity index (χ1v) is 7.11. The van der Waals surface area contributed by atoms with E-state index in [1.54, 1.807) is 0 Å². The van der Waals surface area contributed by atoms with Crippen molar-refractivity contribution in [3.05, 3.63) is 22.4 Å². The zero-order valence-corrected chi connectivity index (χ0v) is 11.2. The molecule has 3 heteroatoms. The zero-order chi connectivity index (χ0) is 11.6. The van der Waals surface area contributed by atoms with Gasteiger partial charge in [0.1, 0.15) is 0 Å². The van der Waals surface area contributed by atoms with Crippen LogP contribution in [0.15, 0.2) is 17.5 Å². The van der Waals surface area contributed by atoms with Crippen molar-refractivity contribution in [2.24, 2.45) is 0 Å². The van der Waals surface area contributed by atoms with Gasteiger partial charge in [-0.2, -0.15) is 0 Å². The zero-order valence-electron chi connectivity index (χ0n) is 10.4. The minimum Gasteiger partial charge on any atom is -0.381 e. The highest BCUT2D eigenvalue weighted by atomic mass is 32.1. The van der Waals surface area contributed by atoms with Crippen LogP contribution in [0, 0.1) is 0 Å². The van der Waals surface area contributed by atoms with Crippen LogP contribution in [0.1, 0.15) is 44.0 Å². The van der Waals surface area contributed by atoms with Crippen LogP contribution in [-0.4, -0.2) is 19.8 Å². The van der Waals surface area contributed by atoms with E-state index in [-0.39, 0.29) is 0 Å². The summed E-state index contributed by atoms with van der Waals surface area (Å²) in [6.45, 7) is 7.16. The highest BCUT2D eigenvalue weighted by molar-refractivity contribution is 7.10. The van der Waals surface area contributed by atoms with Gasteiger partial charge in [0.15, 0.2) is 0 Å². The van der Waals surface area contributed by atoms with E-state index in [9.17, 15) is 0 Å². The van der Waals surface area contributed by atoms with Crippen molar-refractivity contribution in [3.8, 4) is 0 Å². The lowest BCUT2D eigenvalue weighted by Gasteiger charge is -2.17. The summed E-state index contributed by atoms with van der Waals surface area (Å²) in [6.07, 6.45) is 3.35. The maximum absolute atomic E-state index is 5.56. The van der Waals surface area contributed by atoms with Crippen LogP contribution in [-0.2, 0) is 4.74 Å². The Kier molecular flexibility index (Phi) is 7.47. The summed E-state index contributed by atoms with van der Waals surface area (Å²) < 4.78 is 5.56. The van der Waals surface area contributed by atoms with Gasteiger partial charge in [0.05, 0.1) is 0 Å². The Hall–Kier alpha value is -0.380. The molecule has 0 aliphatic rings. The third-order valence-corrected chi connectivity index (χ3v) is 3.41. The van der Waals surface area contributed by atoms with Gasteiger partial charge in [-0.15, -0.1) is 11.3 Å². The molecular weight excluding hydrogens is 218 g/mol. The molecule has 1 rings (SSSR count). The highest BCUT2D eigenvalue weighted by Gasteiger charge is 2.10. The predicted octanol–water partition coefficient (Wildman–Crippen LogP) is 3.61. The summed E-state index contributed by atoms with van der Waals surface area (Å²) in [5.41, 5.74) is 0. The largest absolute Gasteiger partial charge is 0.381 e. The SMILES string of the molecule is CCCNC(CCOCCC)c1cccs1. The Labute approximate surface area is 103 Å². The van der Waals surface area contributed by atoms with E-state index in [4.69, 9.17) is 4.74 Å². The normalized spacial score (nSPS) is 12.9. The van der Waals surface area contributed by atoms with Gasteiger partial charge in [-0.05, 0) is 37.3 Å². The average molecular weight is 241 g/mol. The van der Waals surface area contributed by atoms with Gasteiger partial charge >= 0.3 is 0 Å². The topological polar surface area (TPSA) is 21.3 Å². The molecule has 16 heavy (non-hydrogen) atoms. The Morgan fingerprint density at radius 1 is 1.31 bits per heavy atom. The lowest BCUT2D eigenvalue weighted by molar-refractivity contribution is 0.125. The first-order chi connectivity index (χ1) is 7.88. The molecule has 1 heterocycles. The van der Waals surface area contributed by atoms with E-state index in [1.165, 1.54) is 11.3 Å². The number of ether oxygens (including phenoxy) is 1. The smallest absolute Gasteiger partial charge is 0.0484 e. The average Bonchev–Trinajstić information content (AvgIpc) is 2.82. The summed E-state index contributed by atoms with van der Waals surface area (Å²) in [5, 5.41) is 5.72. The first kappa shape index (κ1) is 13.7. The van der Waals surface area contributed by atoms with E-state index < -0.39 is 0 Å². The molecule has 1 aromatic rings. The Morgan fingerprint density at radius 3 is 2.81 bits per heavy atom. The van der Waals surface area contributed by atoms with Crippen LogP contribution in [0.2, 0.25) is 0 Å². The molecule has 1 aromatic heterocycles. The number of hydrogen-bond acceptors (Lipinski definition) is 3. The van der Waals surface area contributed by atoms with Crippen molar-refractivity contribution in [2.75, 3.05) is 19.8 Å². The molecule has 0 bridgehead atoms. The van der Waals surface area contributed by atoms with Crippen molar-refractivity contribution in [3.63, 3.8) is 0 Å². The van der Waals surface area contributed by atoms with Gasteiger partial charge in [-0.3, -0.25) is 0 Å². The fraction of sp³-hybridized carbons (Fsp3) is 0.692. The van der Waals surface area contributed by atoms with E-state index in [0.29, 0.717) is 6.04 Å². The lowest BCUT2D eigenvalue weighted by atomic mass is 10.1. The molecule has 0 amide bonds. The summed E-state index contributed by atoms with van der Waals surface area (Å²) in [5.74, 6) is 0. The summed E-state index contributed by atoms with van der Waals surface area (Å²) in [6, 6.07) is 4.79. The fourth-order valence-corrected chi connectivity index (χ4v) is 2.44. The van der Waals surface area contributed by atoms with Gasteiger partial charge in [0, 0.05) is 24.1 Å². The molecule has 0 aromatic carbocycles. The molecule has 0 saturated heterocycles. The molecule has 0 aliphatic heterocycles. The maximum atomic E-state index is 5.56. The van der Waals surface area contributed by atoms with Crippen LogP contribution in [0.4, 0.5) is 0 Å². The summed E-state index contributed by atoms with van der Waals surface area (Å²) >= 11 is 1.83. The van der Waals surface area contributed by atoms with E-state index in [0.717, 1.165) is 32.6 Å². The Morgan fingerprint density at radius 2 is 2.19 bits per heavy atom. The number of rotatable bonds is 9. The summed E-state index contributed by atoms with van der Waals surface area (Å²) in [4.78, 5) is 1.42. The van der Waals surface area contributed by atoms with Crippen LogP contribution in [0.3, 0.4) is 0 Å². The van der Waals surface area contributed by atoms with Crippen LogP contribution in [0.25, 0.3) is 0 Å². The number of thiophene rings is 1. The predicted molar refractivity (Wildman–Crippen MR) is 71.1 cm³/mol. The molecule has 0 spiro atoms. The first-order valence-electron chi connectivity index (χ1n) is 6.23. The monoisotopic (exact) mass is 241 g/mol. The van der Waals surface area contributed by atoms with Crippen molar-refractivity contribution in [1.82, 2.24) is 5.32 Å². The van der Waals surface area contributed by atoms with Crippen molar-refractivity contribution in [2.45, 2.75) is 39.2 Å². The molecule has 2 nitrogen and oxygen atoms in total. The molecule has 1 unspecified atom stereocenters. The van der Waals surface area contributed by atoms with Gasteiger partial charge < -0.3 is 10.1 Å². The van der Waals surface area contributed by atoms with Gasteiger partial charge in [0.25, 0.3) is 0 Å². The number of hydrogen-bond donors (Lipinski definition) is 1. The molecule has 0 fully saturated rings. The maximum Gasteiger partial charge on any atom is 0.0484 e. The van der Waals surface area contributed by atoms with Crippen LogP contribution < -0.4 is 5.32 Å². The third kappa shape index (κ3) is 5.10. The standard InChI is InChI=1S/C13H23NOS/c1-3-8-14-12(7-10-15-9-4-2)13-6-5-11-16-13/h5-6,11-12,14H,3-4,7-10H2,1-2H3. The quantitative estimate of drug-likeness (QED) is 0.667. The second-order valence-electron chi connectivity index (χ2n) is 3.92. The van der Waals surface area contributed by atoms with Gasteiger partial charge in [0.2, 0.25) is 0 Å². The van der Waals surface area contributed by atoms with Crippen molar-refractivity contribution < 1.29 is 4.74 Å². The van der Waals surface area contributed by atoms with Crippen molar-refractivity contribution >= 4 is 11.3 Å². The second-order valence-corrected chi connectivity index (χ2v) is 4.90. The van der Waals surface area contributed by atoms with Crippen LogP contribution >= 0.6 is 11.3 Å². The van der Waals surface area contributed by atoms with Gasteiger partial charge in [-0.1, -0.05) is 19.9 Å². The summed E-state index contributed by atoms with van der Waals surface area (Å²) in [7, 11) is 0. The highest BCUT2D eigenvalue weighted by Crippen LogP contribution is 2.21. The van der Waals surface area contributed by atoms with Crippen molar-refractivity contribution in [1.29, 1.82) is 0 Å². The molecule has 1 N–H and O–H groups in total. The molecule has 1 atom stereocenters. The molecule has 0 saturated carbocycles. The van der Waals surface area contributed by atoms with E-state index in [1.807, 2.05) is 11.3 Å². The van der Waals surface area contributed by atoms with Gasteiger partial charge in [-0.25, -0.2) is 0 Å².